The van der Waals surface area contributed by atoms with Crippen molar-refractivity contribution in [2.45, 2.75) is 31.2 Å². The molecule has 1 aliphatic rings. The van der Waals surface area contributed by atoms with Crippen molar-refractivity contribution in [3.63, 3.8) is 0 Å². The third kappa shape index (κ3) is 5.84. The number of hydrogen-bond acceptors (Lipinski definition) is 5. The van der Waals surface area contributed by atoms with Crippen LogP contribution in [0.4, 0.5) is 0 Å². The molecule has 7 nitrogen and oxygen atoms in total. The van der Waals surface area contributed by atoms with Crippen molar-refractivity contribution in [1.29, 1.82) is 0 Å². The predicted molar refractivity (Wildman–Crippen MR) is 103 cm³/mol. The van der Waals surface area contributed by atoms with Gasteiger partial charge in [0, 0.05) is 19.6 Å². The molecule has 148 valence electrons. The highest BCUT2D eigenvalue weighted by molar-refractivity contribution is 7.89. The number of carbonyl (C=O) groups excluding carboxylic acids is 1. The topological polar surface area (TPSA) is 87.7 Å². The summed E-state index contributed by atoms with van der Waals surface area (Å²) in [6.45, 7) is 6.51. The lowest BCUT2D eigenvalue weighted by atomic mass is 10.0. The molecule has 0 radical (unpaired) electrons. The minimum Gasteiger partial charge on any atom is -0.497 e. The molecule has 1 aliphatic heterocycles. The van der Waals surface area contributed by atoms with E-state index in [2.05, 4.69) is 10.0 Å². The summed E-state index contributed by atoms with van der Waals surface area (Å²) in [5.41, 5.74) is 0. The van der Waals surface area contributed by atoms with E-state index in [1.54, 1.807) is 17.0 Å². The maximum absolute atomic E-state index is 12.9. The lowest BCUT2D eigenvalue weighted by molar-refractivity contribution is -0.133. The van der Waals surface area contributed by atoms with Crippen molar-refractivity contribution in [2.24, 2.45) is 5.92 Å². The molecule has 1 heterocycles. The van der Waals surface area contributed by atoms with Gasteiger partial charge in [-0.15, -0.1) is 12.4 Å². The quantitative estimate of drug-likeness (QED) is 0.743. The van der Waals surface area contributed by atoms with Crippen molar-refractivity contribution in [3.8, 4) is 5.75 Å². The largest absolute Gasteiger partial charge is 0.497 e. The van der Waals surface area contributed by atoms with Crippen LogP contribution in [0, 0.1) is 5.92 Å². The zero-order chi connectivity index (χ0) is 18.4. The molecule has 0 aliphatic carbocycles. The first kappa shape index (κ1) is 22.7. The summed E-state index contributed by atoms with van der Waals surface area (Å²) in [6.07, 6.45) is 0.863. The van der Waals surface area contributed by atoms with Crippen LogP contribution in [0.5, 0.6) is 5.75 Å². The molecule has 1 aromatic rings. The number of nitrogens with one attached hydrogen (secondary N) is 2. The van der Waals surface area contributed by atoms with Crippen molar-refractivity contribution in [3.05, 3.63) is 24.3 Å². The van der Waals surface area contributed by atoms with Crippen LogP contribution in [-0.4, -0.2) is 58.6 Å². The maximum atomic E-state index is 12.9. The Morgan fingerprint density at radius 1 is 1.19 bits per heavy atom. The van der Waals surface area contributed by atoms with Gasteiger partial charge in [-0.1, -0.05) is 13.8 Å². The molecule has 1 aromatic carbocycles. The van der Waals surface area contributed by atoms with E-state index >= 15 is 0 Å². The summed E-state index contributed by atoms with van der Waals surface area (Å²) in [4.78, 5) is 14.7. The molecule has 0 aromatic heterocycles. The first-order chi connectivity index (χ1) is 11.8. The van der Waals surface area contributed by atoms with Gasteiger partial charge in [-0.2, -0.15) is 4.72 Å². The SMILES string of the molecule is COc1ccc(S(=O)(=O)NC(C(=O)N2CCCNCC2)C(C)C)cc1.Cl. The second-order valence-corrected chi connectivity index (χ2v) is 8.16. The van der Waals surface area contributed by atoms with Crippen molar-refractivity contribution < 1.29 is 17.9 Å². The van der Waals surface area contributed by atoms with Gasteiger partial charge in [-0.25, -0.2) is 8.42 Å². The highest BCUT2D eigenvalue weighted by Crippen LogP contribution is 2.17. The van der Waals surface area contributed by atoms with E-state index in [9.17, 15) is 13.2 Å². The average Bonchev–Trinajstić information content (AvgIpc) is 2.88. The summed E-state index contributed by atoms with van der Waals surface area (Å²) < 4.78 is 33.0. The molecule has 2 N–H and O–H groups in total. The van der Waals surface area contributed by atoms with Crippen molar-refractivity contribution in [2.75, 3.05) is 33.3 Å². The fraction of sp³-hybridized carbons (Fsp3) is 0.588. The molecular weight excluding hydrogens is 378 g/mol. The zero-order valence-corrected chi connectivity index (χ0v) is 17.0. The molecule has 26 heavy (non-hydrogen) atoms. The van der Waals surface area contributed by atoms with Crippen LogP contribution in [0.25, 0.3) is 0 Å². The number of halogens is 1. The van der Waals surface area contributed by atoms with Gasteiger partial charge < -0.3 is 15.0 Å². The summed E-state index contributed by atoms with van der Waals surface area (Å²) in [5.74, 6) is 0.250. The number of hydrogen-bond donors (Lipinski definition) is 2. The molecule has 1 saturated heterocycles. The van der Waals surface area contributed by atoms with E-state index in [0.717, 1.165) is 19.5 Å². The summed E-state index contributed by atoms with van der Waals surface area (Å²) in [7, 11) is -2.27. The van der Waals surface area contributed by atoms with Crippen LogP contribution in [0.15, 0.2) is 29.2 Å². The molecule has 9 heteroatoms. The summed E-state index contributed by atoms with van der Waals surface area (Å²) in [5, 5.41) is 3.24. The van der Waals surface area contributed by atoms with Gasteiger partial charge in [0.05, 0.1) is 12.0 Å². The van der Waals surface area contributed by atoms with Crippen molar-refractivity contribution in [1.82, 2.24) is 14.9 Å². The number of carbonyl (C=O) groups is 1. The van der Waals surface area contributed by atoms with Gasteiger partial charge in [0.1, 0.15) is 11.8 Å². The third-order valence-electron chi connectivity index (χ3n) is 4.24. The minimum atomic E-state index is -3.79. The maximum Gasteiger partial charge on any atom is 0.241 e. The Morgan fingerprint density at radius 3 is 2.42 bits per heavy atom. The van der Waals surface area contributed by atoms with Crippen LogP contribution in [0.2, 0.25) is 0 Å². The van der Waals surface area contributed by atoms with E-state index in [0.29, 0.717) is 18.8 Å². The van der Waals surface area contributed by atoms with E-state index in [1.807, 2.05) is 13.8 Å². The molecule has 0 saturated carbocycles. The molecule has 2 rings (SSSR count). The number of ether oxygens (including phenoxy) is 1. The second kappa shape index (κ2) is 10.1. The van der Waals surface area contributed by atoms with E-state index in [4.69, 9.17) is 4.74 Å². The molecule has 1 unspecified atom stereocenters. The molecule has 0 bridgehead atoms. The van der Waals surface area contributed by atoms with Crippen LogP contribution in [0.1, 0.15) is 20.3 Å². The highest BCUT2D eigenvalue weighted by atomic mass is 35.5. The number of benzene rings is 1. The average molecular weight is 406 g/mol. The molecule has 0 spiro atoms. The number of rotatable bonds is 6. The molecule has 1 amide bonds. The first-order valence-electron chi connectivity index (χ1n) is 8.51. The lowest BCUT2D eigenvalue weighted by Gasteiger charge is -2.28. The zero-order valence-electron chi connectivity index (χ0n) is 15.4. The highest BCUT2D eigenvalue weighted by Gasteiger charge is 2.31. The Labute approximate surface area is 161 Å². The monoisotopic (exact) mass is 405 g/mol. The summed E-state index contributed by atoms with van der Waals surface area (Å²) in [6, 6.07) is 5.32. The van der Waals surface area contributed by atoms with Crippen LogP contribution < -0.4 is 14.8 Å². The van der Waals surface area contributed by atoms with Gasteiger partial charge >= 0.3 is 0 Å². The molecule has 1 fully saturated rings. The number of sulfonamides is 1. The Balaban J connectivity index is 0.00000338. The van der Waals surface area contributed by atoms with Gasteiger partial charge in [-0.05, 0) is 43.1 Å². The molecular formula is C17H28ClN3O4S. The Morgan fingerprint density at radius 2 is 1.85 bits per heavy atom. The Bertz CT molecular complexity index is 672. The third-order valence-corrected chi connectivity index (χ3v) is 5.69. The molecule has 1 atom stereocenters. The van der Waals surface area contributed by atoms with E-state index < -0.39 is 16.1 Å². The Kier molecular flexibility index (Phi) is 8.82. The summed E-state index contributed by atoms with van der Waals surface area (Å²) >= 11 is 0. The van der Waals surface area contributed by atoms with E-state index in [-0.39, 0.29) is 29.1 Å². The number of nitrogens with zero attached hydrogens (tertiary/aromatic N) is 1. The van der Waals surface area contributed by atoms with Crippen molar-refractivity contribution >= 4 is 28.3 Å². The fourth-order valence-corrected chi connectivity index (χ4v) is 4.06. The number of methoxy groups -OCH3 is 1. The normalized spacial score (nSPS) is 16.5. The van der Waals surface area contributed by atoms with Crippen LogP contribution in [0.3, 0.4) is 0 Å². The lowest BCUT2D eigenvalue weighted by Crippen LogP contribution is -2.51. The van der Waals surface area contributed by atoms with Crippen LogP contribution in [-0.2, 0) is 14.8 Å². The minimum absolute atomic E-state index is 0. The van der Waals surface area contributed by atoms with Gasteiger partial charge in [-0.3, -0.25) is 4.79 Å². The van der Waals surface area contributed by atoms with Gasteiger partial charge in [0.15, 0.2) is 0 Å². The van der Waals surface area contributed by atoms with Gasteiger partial charge in [0.2, 0.25) is 15.9 Å². The number of amides is 1. The van der Waals surface area contributed by atoms with Gasteiger partial charge in [0.25, 0.3) is 0 Å². The second-order valence-electron chi connectivity index (χ2n) is 6.45. The standard InChI is InChI=1S/C17H27N3O4S.ClH/c1-13(2)16(17(21)20-11-4-9-18-10-12-20)19-25(22,23)15-7-5-14(24-3)6-8-15;/h5-8,13,16,18-19H,4,9-12H2,1-3H3;1H. The van der Waals surface area contributed by atoms with E-state index in [1.165, 1.54) is 19.2 Å². The van der Waals surface area contributed by atoms with Crippen LogP contribution >= 0.6 is 12.4 Å². The Hall–Kier alpha value is -1.35. The first-order valence-corrected chi connectivity index (χ1v) is 9.99. The fourth-order valence-electron chi connectivity index (χ4n) is 2.72. The smallest absolute Gasteiger partial charge is 0.241 e. The predicted octanol–water partition coefficient (Wildman–Crippen LogP) is 1.24.